The number of aromatic nitrogens is 1. The van der Waals surface area contributed by atoms with Gasteiger partial charge in [0.25, 0.3) is 5.91 Å². The molecule has 0 spiro atoms. The van der Waals surface area contributed by atoms with E-state index in [9.17, 15) is 32.4 Å². The maximum atomic E-state index is 14.2. The lowest BCUT2D eigenvalue weighted by Gasteiger charge is -2.40. The van der Waals surface area contributed by atoms with Crippen LogP contribution in [0.2, 0.25) is 0 Å². The fourth-order valence-corrected chi connectivity index (χ4v) is 8.59. The average molecular weight is 719 g/mol. The lowest BCUT2D eigenvalue weighted by molar-refractivity contribution is -0.667. The highest BCUT2D eigenvalue weighted by molar-refractivity contribution is 7.85. The Kier molecular flexibility index (Phi) is 13.0. The van der Waals surface area contributed by atoms with Gasteiger partial charge in [0, 0.05) is 24.8 Å². The number of ketones is 1. The zero-order chi connectivity index (χ0) is 36.7. The number of urea groups is 1. The lowest BCUT2D eigenvalue weighted by Crippen LogP contribution is -3.07. The molecule has 0 radical (unpaired) electrons. The third-order valence-electron chi connectivity index (χ3n) is 9.99. The first kappa shape index (κ1) is 39.2. The molecule has 1 aliphatic heterocycles. The summed E-state index contributed by atoms with van der Waals surface area (Å²) in [5.74, 6) is -2.29. The number of likely N-dealkylation sites (tertiary alicyclic amines) is 1. The molecule has 2 heterocycles. The van der Waals surface area contributed by atoms with Gasteiger partial charge in [-0.25, -0.2) is 9.78 Å². The number of sulfonamides is 1. The molecule has 2 unspecified atom stereocenters. The van der Waals surface area contributed by atoms with Gasteiger partial charge in [-0.05, 0) is 56.4 Å². The van der Waals surface area contributed by atoms with E-state index in [2.05, 4.69) is 26.3 Å². The predicted octanol–water partition coefficient (Wildman–Crippen LogP) is 1.49. The zero-order valence-corrected chi connectivity index (χ0v) is 31.0. The van der Waals surface area contributed by atoms with Crippen molar-refractivity contribution in [3.63, 3.8) is 0 Å². The number of amides is 5. The molecule has 2 aliphatic carbocycles. The Morgan fingerprint density at radius 1 is 1.02 bits per heavy atom. The minimum absolute atomic E-state index is 0.00221. The molecule has 4 rings (SSSR count). The molecule has 5 N–H and O–H groups in total. The van der Waals surface area contributed by atoms with Gasteiger partial charge >= 0.3 is 16.1 Å². The van der Waals surface area contributed by atoms with Crippen LogP contribution in [0.1, 0.15) is 105 Å². The van der Waals surface area contributed by atoms with E-state index in [0.29, 0.717) is 44.3 Å². The van der Waals surface area contributed by atoms with Crippen LogP contribution in [-0.2, 0) is 29.2 Å². The van der Waals surface area contributed by atoms with Crippen molar-refractivity contribution in [2.75, 3.05) is 19.3 Å². The van der Waals surface area contributed by atoms with Gasteiger partial charge in [-0.15, -0.1) is 0 Å². The number of hydrogen-bond donors (Lipinski definition) is 5. The first-order valence-corrected chi connectivity index (χ1v) is 19.7. The number of Topliss-reactive ketones (excluding diaryl/α,β-unsaturated/α-hetero) is 1. The maximum Gasteiger partial charge on any atom is 0.315 e. The minimum Gasteiger partial charge on any atom is -0.347 e. The molecule has 14 nitrogen and oxygen atoms in total. The van der Waals surface area contributed by atoms with E-state index in [4.69, 9.17) is 0 Å². The largest absolute Gasteiger partial charge is 0.347 e. The number of rotatable bonds is 15. The second kappa shape index (κ2) is 16.6. The SMILES string of the molecule is CCCCC(NC(=O)[C@@H]1CCCN1C(=O)[C@@H](NC(=O)NC1(CS(=O)(=O)[NH+](C)c2ccccn2)CCCCC1)C(C)(C)C)C(=O)C(=O)NC1CC1. The van der Waals surface area contributed by atoms with E-state index < -0.39 is 68.6 Å². The highest BCUT2D eigenvalue weighted by Gasteiger charge is 2.45. The maximum absolute atomic E-state index is 14.2. The van der Waals surface area contributed by atoms with Gasteiger partial charge in [0.2, 0.25) is 23.4 Å². The monoisotopic (exact) mass is 718 g/mol. The van der Waals surface area contributed by atoms with Gasteiger partial charge in [0.1, 0.15) is 17.8 Å². The summed E-state index contributed by atoms with van der Waals surface area (Å²) in [5.41, 5.74) is -1.81. The third-order valence-corrected chi connectivity index (χ3v) is 12.1. The summed E-state index contributed by atoms with van der Waals surface area (Å²) >= 11 is 0. The molecule has 1 aromatic rings. The first-order valence-electron chi connectivity index (χ1n) is 18.1. The lowest BCUT2D eigenvalue weighted by atomic mass is 9.83. The Hall–Kier alpha value is -3.59. The van der Waals surface area contributed by atoms with Gasteiger partial charge in [0.15, 0.2) is 0 Å². The van der Waals surface area contributed by atoms with Crippen molar-refractivity contribution in [1.82, 2.24) is 31.2 Å². The van der Waals surface area contributed by atoms with Gasteiger partial charge in [-0.3, -0.25) is 19.2 Å². The summed E-state index contributed by atoms with van der Waals surface area (Å²) in [6.07, 6.45) is 9.18. The second-order valence-corrected chi connectivity index (χ2v) is 17.4. The normalized spacial score (nSPS) is 21.0. The quantitative estimate of drug-likeness (QED) is 0.169. The summed E-state index contributed by atoms with van der Waals surface area (Å²) < 4.78 is 27.4. The molecular weight excluding hydrogens is 662 g/mol. The number of nitrogens with zero attached hydrogens (tertiary/aromatic N) is 2. The van der Waals surface area contributed by atoms with E-state index in [1.54, 1.807) is 18.2 Å². The zero-order valence-electron chi connectivity index (χ0n) is 30.2. The van der Waals surface area contributed by atoms with Crippen LogP contribution in [0, 0.1) is 5.41 Å². The molecular formula is C35H56N7O7S+. The van der Waals surface area contributed by atoms with Crippen LogP contribution in [0.25, 0.3) is 0 Å². The van der Waals surface area contributed by atoms with Gasteiger partial charge in [-0.2, -0.15) is 12.7 Å². The standard InChI is InChI=1S/C35H55N7O7S/c1-6-7-14-25(28(43)31(45)37-24-17-18-24)38-30(44)26-15-13-22-42(26)32(46)29(34(2,3)4)39-33(47)40-35(19-10-8-11-20-35)23-50(48,49)41(5)27-16-9-12-21-36-27/h9,12,16,21,24-26,29H,6-8,10-11,13-15,17-20,22-23H2,1-5H3,(H,37,45)(H,38,44)(H2,39,40,47)/p+1/t25?,26-,29+/m0/s1. The fourth-order valence-electron chi connectivity index (χ4n) is 6.85. The first-order chi connectivity index (χ1) is 23.6. The van der Waals surface area contributed by atoms with Crippen LogP contribution in [0.15, 0.2) is 24.4 Å². The molecule has 4 atom stereocenters. The van der Waals surface area contributed by atoms with Crippen LogP contribution in [0.3, 0.4) is 0 Å². The van der Waals surface area contributed by atoms with E-state index in [1.165, 1.54) is 18.1 Å². The Morgan fingerprint density at radius 3 is 2.32 bits per heavy atom. The van der Waals surface area contributed by atoms with Gasteiger partial charge < -0.3 is 26.2 Å². The van der Waals surface area contributed by atoms with E-state index in [-0.39, 0.29) is 22.6 Å². The summed E-state index contributed by atoms with van der Waals surface area (Å²) in [6, 6.07) is 1.51. The summed E-state index contributed by atoms with van der Waals surface area (Å²) in [6.45, 7) is 7.67. The van der Waals surface area contributed by atoms with E-state index in [0.717, 1.165) is 38.5 Å². The van der Waals surface area contributed by atoms with Crippen molar-refractivity contribution in [2.45, 2.75) is 134 Å². The number of nitrogens with one attached hydrogen (secondary N) is 5. The van der Waals surface area contributed by atoms with Gasteiger partial charge in [0.05, 0.1) is 18.6 Å². The van der Waals surface area contributed by atoms with Crippen molar-refractivity contribution in [1.29, 1.82) is 0 Å². The van der Waals surface area contributed by atoms with Crippen LogP contribution >= 0.6 is 0 Å². The van der Waals surface area contributed by atoms with E-state index >= 15 is 0 Å². The average Bonchev–Trinajstić information content (AvgIpc) is 3.74. The van der Waals surface area contributed by atoms with Crippen molar-refractivity contribution in [3.05, 3.63) is 24.4 Å². The Bertz CT molecular complexity index is 1490. The summed E-state index contributed by atoms with van der Waals surface area (Å²) in [4.78, 5) is 72.8. The minimum atomic E-state index is -3.81. The molecule has 0 bridgehead atoms. The Morgan fingerprint density at radius 2 is 1.72 bits per heavy atom. The Labute approximate surface area is 296 Å². The Balaban J connectivity index is 1.47. The van der Waals surface area contributed by atoms with Crippen molar-refractivity contribution < 1.29 is 36.7 Å². The van der Waals surface area contributed by atoms with Crippen LogP contribution < -0.4 is 25.6 Å². The van der Waals surface area contributed by atoms with Crippen molar-refractivity contribution in [3.8, 4) is 0 Å². The number of carbonyl (C=O) groups excluding carboxylic acids is 5. The fraction of sp³-hybridized carbons (Fsp3) is 0.714. The van der Waals surface area contributed by atoms with Crippen molar-refractivity contribution in [2.24, 2.45) is 5.41 Å². The van der Waals surface area contributed by atoms with Crippen LogP contribution in [0.5, 0.6) is 0 Å². The molecule has 3 fully saturated rings. The highest BCUT2D eigenvalue weighted by atomic mass is 32.2. The van der Waals surface area contributed by atoms with Crippen LogP contribution in [0.4, 0.5) is 10.6 Å². The molecule has 278 valence electrons. The molecule has 1 aromatic heterocycles. The second-order valence-electron chi connectivity index (χ2n) is 15.3. The molecule has 50 heavy (non-hydrogen) atoms. The van der Waals surface area contributed by atoms with Gasteiger partial charge in [-0.1, -0.05) is 65.9 Å². The number of pyridine rings is 1. The topological polar surface area (TPSA) is 188 Å². The molecule has 2 saturated carbocycles. The number of hydrogen-bond acceptors (Lipinski definition) is 8. The number of quaternary nitrogens is 1. The molecule has 0 aromatic carbocycles. The number of carbonyl (C=O) groups is 5. The smallest absolute Gasteiger partial charge is 0.315 e. The van der Waals surface area contributed by atoms with Crippen LogP contribution in [-0.4, -0.2) is 96.9 Å². The molecule has 5 amide bonds. The summed E-state index contributed by atoms with van der Waals surface area (Å²) in [7, 11) is -2.28. The molecule has 3 aliphatic rings. The predicted molar refractivity (Wildman–Crippen MR) is 188 cm³/mol. The molecule has 1 saturated heterocycles. The summed E-state index contributed by atoms with van der Waals surface area (Å²) in [5, 5.41) is 11.3. The third kappa shape index (κ3) is 10.2. The number of unbranched alkanes of at least 4 members (excludes halogenated alkanes) is 1. The highest BCUT2D eigenvalue weighted by Crippen LogP contribution is 2.30. The van der Waals surface area contributed by atoms with Crippen molar-refractivity contribution >= 4 is 45.4 Å². The molecule has 15 heteroatoms. The van der Waals surface area contributed by atoms with E-state index in [1.807, 2.05) is 27.7 Å².